The van der Waals surface area contributed by atoms with E-state index in [9.17, 15) is 17.6 Å². The van der Waals surface area contributed by atoms with Crippen LogP contribution in [0.4, 0.5) is 15.8 Å². The van der Waals surface area contributed by atoms with E-state index < -0.39 is 27.8 Å². The number of benzene rings is 2. The Kier molecular flexibility index (Phi) is 6.26. The van der Waals surface area contributed by atoms with Crippen molar-refractivity contribution in [2.75, 3.05) is 15.9 Å². The third-order valence-electron chi connectivity index (χ3n) is 3.88. The molecule has 0 spiro atoms. The second kappa shape index (κ2) is 8.05. The molecule has 140 valence electrons. The number of sulfonamides is 1. The van der Waals surface area contributed by atoms with Crippen LogP contribution in [-0.2, 0) is 14.8 Å². The van der Waals surface area contributed by atoms with Crippen molar-refractivity contribution in [1.29, 1.82) is 0 Å². The maximum atomic E-state index is 14.2. The first-order valence-electron chi connectivity index (χ1n) is 7.96. The monoisotopic (exact) mass is 398 g/mol. The minimum atomic E-state index is -3.90. The first kappa shape index (κ1) is 20.2. The van der Waals surface area contributed by atoms with Crippen molar-refractivity contribution in [2.45, 2.75) is 26.3 Å². The first-order chi connectivity index (χ1) is 12.1. The van der Waals surface area contributed by atoms with Crippen molar-refractivity contribution < 1.29 is 17.6 Å². The first-order valence-corrected chi connectivity index (χ1v) is 10.2. The fourth-order valence-electron chi connectivity index (χ4n) is 2.61. The Morgan fingerprint density at radius 2 is 1.92 bits per heavy atom. The molecule has 0 unspecified atom stereocenters. The summed E-state index contributed by atoms with van der Waals surface area (Å²) in [5.74, 6) is -1.28. The average Bonchev–Trinajstić information content (AvgIpc) is 2.55. The van der Waals surface area contributed by atoms with Crippen LogP contribution in [0.3, 0.4) is 0 Å². The number of amides is 1. The number of hydrogen-bond donors (Lipinski definition) is 1. The van der Waals surface area contributed by atoms with Gasteiger partial charge in [-0.3, -0.25) is 9.10 Å². The molecule has 1 N–H and O–H groups in total. The number of rotatable bonds is 6. The molecule has 0 aliphatic carbocycles. The standard InChI is InChI=1S/C18H20ClFN2O3S/c1-4-16(18(23)21-15-11-13(19)10-9-12(15)2)22(26(3,24)25)17-8-6-5-7-14(17)20/h5-11,16H,4H2,1-3H3,(H,21,23)/t16-/m1/s1. The number of aryl methyl sites for hydroxylation is 1. The third kappa shape index (κ3) is 4.53. The summed E-state index contributed by atoms with van der Waals surface area (Å²) in [7, 11) is -3.90. The van der Waals surface area contributed by atoms with Gasteiger partial charge in [0, 0.05) is 10.7 Å². The Labute approximate surface area is 157 Å². The van der Waals surface area contributed by atoms with Crippen molar-refractivity contribution in [1.82, 2.24) is 0 Å². The molecule has 0 saturated carbocycles. The van der Waals surface area contributed by atoms with Gasteiger partial charge in [-0.2, -0.15) is 0 Å². The lowest BCUT2D eigenvalue weighted by atomic mass is 10.1. The van der Waals surface area contributed by atoms with Gasteiger partial charge in [-0.05, 0) is 43.2 Å². The maximum Gasteiger partial charge on any atom is 0.248 e. The summed E-state index contributed by atoms with van der Waals surface area (Å²) in [6.45, 7) is 3.45. The van der Waals surface area contributed by atoms with Gasteiger partial charge in [0.05, 0.1) is 11.9 Å². The lowest BCUT2D eigenvalue weighted by Gasteiger charge is -2.30. The predicted molar refractivity (Wildman–Crippen MR) is 103 cm³/mol. The third-order valence-corrected chi connectivity index (χ3v) is 5.28. The summed E-state index contributed by atoms with van der Waals surface area (Å²) in [6.07, 6.45) is 1.10. The van der Waals surface area contributed by atoms with Crippen LogP contribution in [0, 0.1) is 12.7 Å². The number of carbonyl (C=O) groups is 1. The van der Waals surface area contributed by atoms with Gasteiger partial charge in [0.25, 0.3) is 0 Å². The summed E-state index contributed by atoms with van der Waals surface area (Å²) in [4.78, 5) is 12.8. The number of anilines is 2. The van der Waals surface area contributed by atoms with Crippen molar-refractivity contribution in [2.24, 2.45) is 0 Å². The quantitative estimate of drug-likeness (QED) is 0.800. The van der Waals surface area contributed by atoms with E-state index in [1.807, 2.05) is 0 Å². The molecule has 0 saturated heterocycles. The van der Waals surface area contributed by atoms with Crippen LogP contribution >= 0.6 is 11.6 Å². The van der Waals surface area contributed by atoms with Crippen molar-refractivity contribution in [3.8, 4) is 0 Å². The summed E-state index contributed by atoms with van der Waals surface area (Å²) in [6, 6.07) is 9.35. The molecule has 0 fully saturated rings. The highest BCUT2D eigenvalue weighted by Crippen LogP contribution is 2.27. The molecule has 0 aromatic heterocycles. The maximum absolute atomic E-state index is 14.2. The van der Waals surface area contributed by atoms with Gasteiger partial charge in [0.15, 0.2) is 0 Å². The van der Waals surface area contributed by atoms with Gasteiger partial charge in [-0.25, -0.2) is 12.8 Å². The molecule has 2 aromatic carbocycles. The van der Waals surface area contributed by atoms with Gasteiger partial charge in [0.2, 0.25) is 15.9 Å². The summed E-state index contributed by atoms with van der Waals surface area (Å²) >= 11 is 5.96. The predicted octanol–water partition coefficient (Wildman–Crippen LogP) is 3.97. The molecule has 1 atom stereocenters. The largest absolute Gasteiger partial charge is 0.324 e. The van der Waals surface area contributed by atoms with E-state index >= 15 is 0 Å². The van der Waals surface area contributed by atoms with Crippen molar-refractivity contribution >= 4 is 38.9 Å². The molecule has 1 amide bonds. The topological polar surface area (TPSA) is 66.5 Å². The smallest absolute Gasteiger partial charge is 0.248 e. The molecular formula is C18H20ClFN2O3S. The SMILES string of the molecule is CC[C@H](C(=O)Nc1cc(Cl)ccc1C)N(c1ccccc1F)S(C)(=O)=O. The second-order valence-electron chi connectivity index (χ2n) is 5.88. The second-order valence-corrected chi connectivity index (χ2v) is 8.18. The summed E-state index contributed by atoms with van der Waals surface area (Å²) in [5, 5.41) is 3.13. The number of hydrogen-bond acceptors (Lipinski definition) is 3. The summed E-state index contributed by atoms with van der Waals surface area (Å²) < 4.78 is 39.7. The van der Waals surface area contributed by atoms with Crippen LogP contribution in [0.15, 0.2) is 42.5 Å². The van der Waals surface area contributed by atoms with Crippen LogP contribution in [-0.4, -0.2) is 26.6 Å². The van der Waals surface area contributed by atoms with E-state index in [2.05, 4.69) is 5.32 Å². The van der Waals surface area contributed by atoms with E-state index in [4.69, 9.17) is 11.6 Å². The molecule has 0 bridgehead atoms. The van der Waals surface area contributed by atoms with Gasteiger partial charge in [-0.1, -0.05) is 36.7 Å². The zero-order valence-electron chi connectivity index (χ0n) is 14.7. The van der Waals surface area contributed by atoms with Gasteiger partial charge in [-0.15, -0.1) is 0 Å². The molecule has 5 nitrogen and oxygen atoms in total. The number of para-hydroxylation sites is 1. The highest BCUT2D eigenvalue weighted by Gasteiger charge is 2.33. The number of halogens is 2. The van der Waals surface area contributed by atoms with Crippen molar-refractivity contribution in [3.05, 3.63) is 58.9 Å². The molecular weight excluding hydrogens is 379 g/mol. The molecule has 26 heavy (non-hydrogen) atoms. The minimum Gasteiger partial charge on any atom is -0.324 e. The van der Waals surface area contributed by atoms with Crippen LogP contribution < -0.4 is 9.62 Å². The van der Waals surface area contributed by atoms with Crippen LogP contribution in [0.2, 0.25) is 5.02 Å². The molecule has 0 heterocycles. The zero-order chi connectivity index (χ0) is 19.5. The number of nitrogens with one attached hydrogen (secondary N) is 1. The highest BCUT2D eigenvalue weighted by atomic mass is 35.5. The van der Waals surface area contributed by atoms with Gasteiger partial charge < -0.3 is 5.32 Å². The highest BCUT2D eigenvalue weighted by molar-refractivity contribution is 7.92. The van der Waals surface area contributed by atoms with E-state index in [0.717, 1.165) is 22.2 Å². The summed E-state index contributed by atoms with van der Waals surface area (Å²) in [5.41, 5.74) is 1.08. The van der Waals surface area contributed by atoms with Crippen LogP contribution in [0.25, 0.3) is 0 Å². The number of carbonyl (C=O) groups excluding carboxylic acids is 1. The van der Waals surface area contributed by atoms with Crippen LogP contribution in [0.5, 0.6) is 0 Å². The van der Waals surface area contributed by atoms with E-state index in [0.29, 0.717) is 10.7 Å². The normalized spacial score (nSPS) is 12.5. The Balaban J connectivity index is 2.44. The lowest BCUT2D eigenvalue weighted by molar-refractivity contribution is -0.117. The van der Waals surface area contributed by atoms with E-state index in [-0.39, 0.29) is 12.1 Å². The molecule has 2 aromatic rings. The minimum absolute atomic E-state index is 0.160. The Bertz CT molecular complexity index is 918. The van der Waals surface area contributed by atoms with E-state index in [1.165, 1.54) is 18.2 Å². The fraction of sp³-hybridized carbons (Fsp3) is 0.278. The molecule has 8 heteroatoms. The van der Waals surface area contributed by atoms with E-state index in [1.54, 1.807) is 32.0 Å². The molecule has 0 aliphatic rings. The Hall–Kier alpha value is -2.12. The van der Waals surface area contributed by atoms with Crippen LogP contribution in [0.1, 0.15) is 18.9 Å². The molecule has 0 aliphatic heterocycles. The molecule has 0 radical (unpaired) electrons. The van der Waals surface area contributed by atoms with Gasteiger partial charge >= 0.3 is 0 Å². The van der Waals surface area contributed by atoms with Gasteiger partial charge in [0.1, 0.15) is 11.9 Å². The Morgan fingerprint density at radius 1 is 1.27 bits per heavy atom. The zero-order valence-corrected chi connectivity index (χ0v) is 16.2. The van der Waals surface area contributed by atoms with Crippen molar-refractivity contribution in [3.63, 3.8) is 0 Å². The Morgan fingerprint density at radius 3 is 2.50 bits per heavy atom. The molecule has 2 rings (SSSR count). The number of nitrogens with zero attached hydrogens (tertiary/aromatic N) is 1. The fourth-order valence-corrected chi connectivity index (χ4v) is 4.00. The lowest BCUT2D eigenvalue weighted by Crippen LogP contribution is -2.47. The average molecular weight is 399 g/mol.